The maximum Gasteiger partial charge on any atom is 0.176 e. The third kappa shape index (κ3) is 2.67. The average molecular weight is 232 g/mol. The lowest BCUT2D eigenvalue weighted by Gasteiger charge is -2.06. The molecule has 0 saturated carbocycles. The summed E-state index contributed by atoms with van der Waals surface area (Å²) < 4.78 is 18.1. The molecule has 1 aromatic rings. The molecule has 0 aromatic heterocycles. The molecule has 1 aromatic carbocycles. The molecule has 0 fully saturated rings. The van der Waals surface area contributed by atoms with Crippen molar-refractivity contribution >= 4 is 17.4 Å². The lowest BCUT2D eigenvalue weighted by atomic mass is 10.1. The molecule has 15 heavy (non-hydrogen) atoms. The Labute approximate surface area is 92.2 Å². The molecule has 0 radical (unpaired) electrons. The Hall–Kier alpha value is -1.13. The molecule has 0 aliphatic rings. The van der Waals surface area contributed by atoms with E-state index in [-0.39, 0.29) is 28.7 Å². The van der Waals surface area contributed by atoms with E-state index in [0.29, 0.717) is 0 Å². The molecule has 1 rings (SSSR count). The van der Waals surface area contributed by atoms with Crippen LogP contribution in [0, 0.1) is 5.82 Å². The molecule has 0 unspecified atom stereocenters. The Morgan fingerprint density at radius 2 is 2.27 bits per heavy atom. The molecule has 0 bridgehead atoms. The predicted octanol–water partition coefficient (Wildman–Crippen LogP) is 1.89. The number of carbonyl (C=O) groups excluding carboxylic acids is 1. The first-order valence-corrected chi connectivity index (χ1v) is 4.68. The summed E-state index contributed by atoms with van der Waals surface area (Å²) >= 11 is 5.62. The van der Waals surface area contributed by atoms with Crippen molar-refractivity contribution in [1.82, 2.24) is 5.32 Å². The molecular weight excluding hydrogens is 221 g/mol. The Balaban J connectivity index is 3.10. The third-order valence-electron chi connectivity index (χ3n) is 1.87. The Bertz CT molecular complexity index is 382. The molecule has 0 aliphatic carbocycles. The number of ketones is 1. The van der Waals surface area contributed by atoms with Crippen LogP contribution in [0.5, 0.6) is 5.75 Å². The van der Waals surface area contributed by atoms with Gasteiger partial charge in [-0.1, -0.05) is 11.6 Å². The van der Waals surface area contributed by atoms with Crippen LogP contribution in [0.1, 0.15) is 10.4 Å². The first kappa shape index (κ1) is 11.9. The molecule has 5 heteroatoms. The molecule has 0 saturated heterocycles. The molecule has 0 heterocycles. The van der Waals surface area contributed by atoms with Crippen LogP contribution in [0.25, 0.3) is 0 Å². The number of rotatable bonds is 4. The standard InChI is InChI=1S/C10H11ClFNO2/c1-13-5-8(14)6-3-7(12)10(11)9(4-6)15-2/h3-4,13H,5H2,1-2H3. The van der Waals surface area contributed by atoms with Crippen LogP contribution >= 0.6 is 11.6 Å². The molecule has 0 spiro atoms. The molecule has 1 N–H and O–H groups in total. The van der Waals surface area contributed by atoms with Gasteiger partial charge in [0.1, 0.15) is 16.6 Å². The van der Waals surface area contributed by atoms with Gasteiger partial charge in [-0.25, -0.2) is 4.39 Å². The van der Waals surface area contributed by atoms with Gasteiger partial charge < -0.3 is 10.1 Å². The number of hydrogen-bond acceptors (Lipinski definition) is 3. The zero-order valence-corrected chi connectivity index (χ0v) is 9.19. The first-order valence-electron chi connectivity index (χ1n) is 4.31. The number of methoxy groups -OCH3 is 1. The monoisotopic (exact) mass is 231 g/mol. The second kappa shape index (κ2) is 5.09. The molecule has 0 atom stereocenters. The number of hydrogen-bond donors (Lipinski definition) is 1. The van der Waals surface area contributed by atoms with E-state index in [1.807, 2.05) is 0 Å². The highest BCUT2D eigenvalue weighted by molar-refractivity contribution is 6.32. The number of ether oxygens (including phenoxy) is 1. The van der Waals surface area contributed by atoms with Gasteiger partial charge in [-0.15, -0.1) is 0 Å². The largest absolute Gasteiger partial charge is 0.495 e. The van der Waals surface area contributed by atoms with Crippen molar-refractivity contribution < 1.29 is 13.9 Å². The quantitative estimate of drug-likeness (QED) is 0.805. The van der Waals surface area contributed by atoms with E-state index in [1.165, 1.54) is 13.2 Å². The second-order valence-electron chi connectivity index (χ2n) is 2.93. The lowest BCUT2D eigenvalue weighted by Crippen LogP contribution is -2.18. The molecule has 3 nitrogen and oxygen atoms in total. The fourth-order valence-corrected chi connectivity index (χ4v) is 1.32. The highest BCUT2D eigenvalue weighted by atomic mass is 35.5. The van der Waals surface area contributed by atoms with E-state index in [4.69, 9.17) is 16.3 Å². The minimum atomic E-state index is -0.657. The van der Waals surface area contributed by atoms with Crippen LogP contribution in [0.4, 0.5) is 4.39 Å². The van der Waals surface area contributed by atoms with Gasteiger partial charge in [0.05, 0.1) is 13.7 Å². The van der Waals surface area contributed by atoms with E-state index < -0.39 is 5.82 Å². The van der Waals surface area contributed by atoms with Crippen LogP contribution in [0.2, 0.25) is 5.02 Å². The van der Waals surface area contributed by atoms with Crippen LogP contribution in [0.3, 0.4) is 0 Å². The fourth-order valence-electron chi connectivity index (χ4n) is 1.14. The molecule has 82 valence electrons. The number of benzene rings is 1. The van der Waals surface area contributed by atoms with Gasteiger partial charge in [0.15, 0.2) is 5.78 Å². The van der Waals surface area contributed by atoms with Crippen LogP contribution < -0.4 is 10.1 Å². The minimum absolute atomic E-state index is 0.112. The van der Waals surface area contributed by atoms with Gasteiger partial charge in [0.25, 0.3) is 0 Å². The van der Waals surface area contributed by atoms with Crippen molar-refractivity contribution in [1.29, 1.82) is 0 Å². The van der Waals surface area contributed by atoms with E-state index in [2.05, 4.69) is 5.32 Å². The highest BCUT2D eigenvalue weighted by Gasteiger charge is 2.13. The molecular formula is C10H11ClFNO2. The van der Waals surface area contributed by atoms with Crippen molar-refractivity contribution in [3.05, 3.63) is 28.5 Å². The topological polar surface area (TPSA) is 38.3 Å². The van der Waals surface area contributed by atoms with Gasteiger partial charge in [-0.3, -0.25) is 4.79 Å². The summed E-state index contributed by atoms with van der Waals surface area (Å²) in [6, 6.07) is 2.52. The van der Waals surface area contributed by atoms with Crippen molar-refractivity contribution in [2.75, 3.05) is 20.7 Å². The van der Waals surface area contributed by atoms with Gasteiger partial charge in [-0.05, 0) is 19.2 Å². The van der Waals surface area contributed by atoms with E-state index in [0.717, 1.165) is 6.07 Å². The Morgan fingerprint density at radius 3 is 2.80 bits per heavy atom. The fraction of sp³-hybridized carbons (Fsp3) is 0.300. The maximum atomic E-state index is 13.2. The molecule has 0 aliphatic heterocycles. The number of carbonyl (C=O) groups is 1. The van der Waals surface area contributed by atoms with E-state index in [1.54, 1.807) is 7.05 Å². The van der Waals surface area contributed by atoms with Crippen LogP contribution in [-0.4, -0.2) is 26.5 Å². The predicted molar refractivity (Wildman–Crippen MR) is 56.2 cm³/mol. The Kier molecular flexibility index (Phi) is 4.05. The minimum Gasteiger partial charge on any atom is -0.495 e. The number of Topliss-reactive ketones (excluding diaryl/α,β-unsaturated/α-hetero) is 1. The third-order valence-corrected chi connectivity index (χ3v) is 2.24. The van der Waals surface area contributed by atoms with Gasteiger partial charge in [0, 0.05) is 5.56 Å². The SMILES string of the molecule is CNCC(=O)c1cc(F)c(Cl)c(OC)c1. The summed E-state index contributed by atoms with van der Waals surface area (Å²) in [5.74, 6) is -0.710. The van der Waals surface area contributed by atoms with Gasteiger partial charge >= 0.3 is 0 Å². The zero-order valence-electron chi connectivity index (χ0n) is 8.43. The van der Waals surface area contributed by atoms with Crippen molar-refractivity contribution in [3.63, 3.8) is 0 Å². The van der Waals surface area contributed by atoms with E-state index in [9.17, 15) is 9.18 Å². The van der Waals surface area contributed by atoms with E-state index >= 15 is 0 Å². The summed E-state index contributed by atoms with van der Waals surface area (Å²) in [6.45, 7) is 0.143. The smallest absolute Gasteiger partial charge is 0.176 e. The number of halogens is 2. The lowest BCUT2D eigenvalue weighted by molar-refractivity contribution is 0.0993. The first-order chi connectivity index (χ1) is 7.10. The highest BCUT2D eigenvalue weighted by Crippen LogP contribution is 2.28. The van der Waals surface area contributed by atoms with Crippen molar-refractivity contribution in [3.8, 4) is 5.75 Å². The van der Waals surface area contributed by atoms with Gasteiger partial charge in [-0.2, -0.15) is 0 Å². The normalized spacial score (nSPS) is 10.1. The molecule has 0 amide bonds. The summed E-state index contributed by atoms with van der Waals surface area (Å²) in [4.78, 5) is 11.4. The summed E-state index contributed by atoms with van der Waals surface area (Å²) in [7, 11) is 3.01. The van der Waals surface area contributed by atoms with Crippen LogP contribution in [-0.2, 0) is 0 Å². The zero-order chi connectivity index (χ0) is 11.4. The maximum absolute atomic E-state index is 13.2. The number of nitrogens with one attached hydrogen (secondary N) is 1. The summed E-state index contributed by atoms with van der Waals surface area (Å²) in [6.07, 6.45) is 0. The van der Waals surface area contributed by atoms with Crippen molar-refractivity contribution in [2.24, 2.45) is 0 Å². The van der Waals surface area contributed by atoms with Crippen LogP contribution in [0.15, 0.2) is 12.1 Å². The second-order valence-corrected chi connectivity index (χ2v) is 3.31. The van der Waals surface area contributed by atoms with Gasteiger partial charge in [0.2, 0.25) is 0 Å². The Morgan fingerprint density at radius 1 is 1.60 bits per heavy atom. The van der Waals surface area contributed by atoms with Crippen molar-refractivity contribution in [2.45, 2.75) is 0 Å². The average Bonchev–Trinajstić information content (AvgIpc) is 2.22. The summed E-state index contributed by atoms with van der Waals surface area (Å²) in [5, 5.41) is 2.58. The number of likely N-dealkylation sites (N-methyl/N-ethyl adjacent to an activating group) is 1. The summed E-state index contributed by atoms with van der Waals surface area (Å²) in [5.41, 5.74) is 0.239.